The lowest BCUT2D eigenvalue weighted by molar-refractivity contribution is 0.632. The molecule has 0 radical (unpaired) electrons. The first kappa shape index (κ1) is 33.5. The Labute approximate surface area is 334 Å². The first-order chi connectivity index (χ1) is 27.8. The van der Waals surface area contributed by atoms with E-state index in [0.29, 0.717) is 0 Å². The second-order valence-electron chi connectivity index (χ2n) is 16.6. The van der Waals surface area contributed by atoms with Gasteiger partial charge in [0.15, 0.2) is 0 Å². The molecule has 274 valence electrons. The van der Waals surface area contributed by atoms with Crippen molar-refractivity contribution in [2.75, 3.05) is 9.80 Å². The van der Waals surface area contributed by atoms with E-state index in [4.69, 9.17) is 4.42 Å². The maximum atomic E-state index is 7.09. The van der Waals surface area contributed by atoms with Crippen molar-refractivity contribution in [3.8, 4) is 22.3 Å². The van der Waals surface area contributed by atoms with Crippen LogP contribution in [0.2, 0.25) is 0 Å². The highest BCUT2D eigenvalue weighted by Gasteiger charge is 2.38. The van der Waals surface area contributed by atoms with Gasteiger partial charge in [-0.2, -0.15) is 0 Å². The molecule has 0 saturated carbocycles. The molecule has 11 rings (SSSR count). The molecule has 0 aliphatic carbocycles. The third-order valence-electron chi connectivity index (χ3n) is 12.6. The number of hydrogen-bond acceptors (Lipinski definition) is 3. The molecule has 3 nitrogen and oxygen atoms in total. The monoisotopic (exact) mass is 734 g/mol. The van der Waals surface area contributed by atoms with Crippen molar-refractivity contribution in [3.05, 3.63) is 204 Å². The predicted molar refractivity (Wildman–Crippen MR) is 238 cm³/mol. The molecular weight excluding hydrogens is 693 g/mol. The van der Waals surface area contributed by atoms with E-state index in [9.17, 15) is 0 Å². The number of para-hydroxylation sites is 6. The van der Waals surface area contributed by atoms with E-state index >= 15 is 0 Å². The highest BCUT2D eigenvalue weighted by Crippen LogP contribution is 2.55. The normalized spacial score (nSPS) is 14.9. The van der Waals surface area contributed by atoms with Gasteiger partial charge in [-0.1, -0.05) is 149 Å². The molecule has 0 unspecified atom stereocenters. The van der Waals surface area contributed by atoms with Crippen LogP contribution in [0, 0.1) is 0 Å². The Balaban J connectivity index is 1.06. The van der Waals surface area contributed by atoms with Crippen molar-refractivity contribution in [1.82, 2.24) is 0 Å². The Morgan fingerprint density at radius 2 is 0.737 bits per heavy atom. The van der Waals surface area contributed by atoms with Gasteiger partial charge in [0.25, 0.3) is 0 Å². The van der Waals surface area contributed by atoms with Crippen LogP contribution in [0.5, 0.6) is 0 Å². The van der Waals surface area contributed by atoms with E-state index in [1.54, 1.807) is 0 Å². The summed E-state index contributed by atoms with van der Waals surface area (Å²) < 4.78 is 7.09. The van der Waals surface area contributed by atoms with Crippen LogP contribution < -0.4 is 9.80 Å². The van der Waals surface area contributed by atoms with Gasteiger partial charge in [0.1, 0.15) is 11.2 Å². The van der Waals surface area contributed by atoms with Crippen LogP contribution >= 0.6 is 0 Å². The van der Waals surface area contributed by atoms with Gasteiger partial charge in [0.05, 0.1) is 22.7 Å². The number of anilines is 6. The minimum Gasteiger partial charge on any atom is -0.455 e. The van der Waals surface area contributed by atoms with Crippen LogP contribution in [0.25, 0.3) is 44.2 Å². The molecule has 2 aliphatic heterocycles. The van der Waals surface area contributed by atoms with Crippen molar-refractivity contribution in [3.63, 3.8) is 0 Å². The van der Waals surface area contributed by atoms with Gasteiger partial charge in [-0.15, -0.1) is 0 Å². The lowest BCUT2D eigenvalue weighted by Crippen LogP contribution is -2.30. The average Bonchev–Trinajstić information content (AvgIpc) is 3.64. The van der Waals surface area contributed by atoms with E-state index < -0.39 is 0 Å². The summed E-state index contributed by atoms with van der Waals surface area (Å²) in [5.74, 6) is 0. The lowest BCUT2D eigenvalue weighted by Gasteiger charge is -2.42. The first-order valence-electron chi connectivity index (χ1n) is 19.9. The van der Waals surface area contributed by atoms with Gasteiger partial charge >= 0.3 is 0 Å². The average molecular weight is 735 g/mol. The highest BCUT2D eigenvalue weighted by molar-refractivity contribution is 6.13. The molecule has 0 N–H and O–H groups in total. The molecule has 8 aromatic carbocycles. The van der Waals surface area contributed by atoms with Crippen LogP contribution in [0.4, 0.5) is 34.1 Å². The Morgan fingerprint density at radius 1 is 0.351 bits per heavy atom. The maximum Gasteiger partial charge on any atom is 0.143 e. The number of hydrogen-bond donors (Lipinski definition) is 0. The molecule has 0 fully saturated rings. The number of nitrogens with zero attached hydrogens (tertiary/aromatic N) is 2. The van der Waals surface area contributed by atoms with Crippen molar-refractivity contribution >= 4 is 56.1 Å². The van der Waals surface area contributed by atoms with E-state index in [2.05, 4.69) is 219 Å². The molecule has 0 spiro atoms. The largest absolute Gasteiger partial charge is 0.455 e. The minimum absolute atomic E-state index is 0.209. The van der Waals surface area contributed by atoms with Crippen molar-refractivity contribution in [2.24, 2.45) is 0 Å². The summed E-state index contributed by atoms with van der Waals surface area (Å²) in [4.78, 5) is 4.82. The predicted octanol–water partition coefficient (Wildman–Crippen LogP) is 15.1. The fourth-order valence-corrected chi connectivity index (χ4v) is 9.73. The SMILES string of the molecule is CC1(C)c2ccccc2N(c2ccccc2)c2ccc(-c3cccc4c3oc3c(-c5ccc6c(c5)C(C)(C)c5ccccc5N6c5ccccc5)cccc34)cc21. The molecule has 0 bridgehead atoms. The zero-order valence-corrected chi connectivity index (χ0v) is 32.6. The first-order valence-corrected chi connectivity index (χ1v) is 19.9. The quantitative estimate of drug-likeness (QED) is 0.179. The zero-order chi connectivity index (χ0) is 38.5. The maximum absolute atomic E-state index is 7.09. The lowest BCUT2D eigenvalue weighted by atomic mass is 9.73. The van der Waals surface area contributed by atoms with Gasteiger partial charge in [-0.05, 0) is 94.0 Å². The molecule has 0 saturated heterocycles. The standard InChI is InChI=1S/C54H42N2O/c1-53(2)43-25-11-13-27-47(43)55(37-17-7-5-8-18-37)49-31-29-35(33-45(49)53)39-21-15-23-41-42-24-16-22-40(52(42)57-51(39)41)36-30-32-50-46(34-36)54(3,4)44-26-12-14-28-48(44)56(50)38-19-9-6-10-20-38/h5-34H,1-4H3. The molecule has 0 atom stereocenters. The van der Waals surface area contributed by atoms with Gasteiger partial charge in [0.2, 0.25) is 0 Å². The summed E-state index contributed by atoms with van der Waals surface area (Å²) in [5.41, 5.74) is 18.3. The molecule has 9 aromatic rings. The minimum atomic E-state index is -0.209. The Hall–Kier alpha value is -6.84. The molecule has 1 aromatic heterocycles. The topological polar surface area (TPSA) is 19.6 Å². The van der Waals surface area contributed by atoms with Crippen LogP contribution in [0.1, 0.15) is 49.9 Å². The zero-order valence-electron chi connectivity index (χ0n) is 32.6. The van der Waals surface area contributed by atoms with E-state index in [1.165, 1.54) is 45.0 Å². The molecule has 0 amide bonds. The Kier molecular flexibility index (Phi) is 7.25. The Bertz CT molecular complexity index is 2820. The van der Waals surface area contributed by atoms with Gasteiger partial charge < -0.3 is 14.2 Å². The fraction of sp³-hybridized carbons (Fsp3) is 0.111. The molecule has 2 aliphatic rings. The van der Waals surface area contributed by atoms with Crippen LogP contribution in [-0.2, 0) is 10.8 Å². The second-order valence-corrected chi connectivity index (χ2v) is 16.6. The van der Waals surface area contributed by atoms with E-state index in [0.717, 1.165) is 55.6 Å². The van der Waals surface area contributed by atoms with Crippen LogP contribution in [-0.4, -0.2) is 0 Å². The van der Waals surface area contributed by atoms with E-state index in [1.807, 2.05) is 0 Å². The summed E-state index contributed by atoms with van der Waals surface area (Å²) in [6, 6.07) is 66.2. The molecular formula is C54H42N2O. The Morgan fingerprint density at radius 3 is 1.18 bits per heavy atom. The van der Waals surface area contributed by atoms with Gasteiger partial charge in [0, 0.05) is 44.1 Å². The van der Waals surface area contributed by atoms with Crippen molar-refractivity contribution < 1.29 is 4.42 Å². The summed E-state index contributed by atoms with van der Waals surface area (Å²) in [6.07, 6.45) is 0. The third kappa shape index (κ3) is 4.91. The van der Waals surface area contributed by atoms with Gasteiger partial charge in [-0.25, -0.2) is 0 Å². The van der Waals surface area contributed by atoms with Gasteiger partial charge in [-0.3, -0.25) is 0 Å². The summed E-state index contributed by atoms with van der Waals surface area (Å²) >= 11 is 0. The molecule has 57 heavy (non-hydrogen) atoms. The molecule has 3 heterocycles. The number of furan rings is 1. The van der Waals surface area contributed by atoms with E-state index in [-0.39, 0.29) is 10.8 Å². The molecule has 3 heteroatoms. The second kappa shape index (κ2) is 12.3. The number of rotatable bonds is 4. The van der Waals surface area contributed by atoms with Crippen molar-refractivity contribution in [2.45, 2.75) is 38.5 Å². The number of fused-ring (bicyclic) bond motifs is 7. The number of benzene rings is 8. The smallest absolute Gasteiger partial charge is 0.143 e. The highest BCUT2D eigenvalue weighted by atomic mass is 16.3. The van der Waals surface area contributed by atoms with Crippen LogP contribution in [0.3, 0.4) is 0 Å². The summed E-state index contributed by atoms with van der Waals surface area (Å²) in [5, 5.41) is 2.25. The van der Waals surface area contributed by atoms with Crippen molar-refractivity contribution in [1.29, 1.82) is 0 Å². The third-order valence-corrected chi connectivity index (χ3v) is 12.6. The fourth-order valence-electron chi connectivity index (χ4n) is 9.73. The summed E-state index contributed by atoms with van der Waals surface area (Å²) in [6.45, 7) is 9.40. The summed E-state index contributed by atoms with van der Waals surface area (Å²) in [7, 11) is 0. The van der Waals surface area contributed by atoms with Crippen LogP contribution in [0.15, 0.2) is 186 Å².